The normalized spacial score (nSPS) is 44.2. The number of hydrogen-bond donors (Lipinski definition) is 1. The Morgan fingerprint density at radius 2 is 1.90 bits per heavy atom. The number of hydrogen-bond acceptors (Lipinski definition) is 3. The summed E-state index contributed by atoms with van der Waals surface area (Å²) in [5.74, 6) is 1.47. The quantitative estimate of drug-likeness (QED) is 0.806. The first-order valence-corrected chi connectivity index (χ1v) is 8.75. The second-order valence-corrected chi connectivity index (χ2v) is 7.49. The topological polar surface area (TPSA) is 55.6 Å². The number of carbonyl (C=O) groups excluding carboxylic acids is 1. The number of rotatable bonds is 1. The zero-order chi connectivity index (χ0) is 15.0. The summed E-state index contributed by atoms with van der Waals surface area (Å²) in [7, 11) is 0. The summed E-state index contributed by atoms with van der Waals surface area (Å²) < 4.78 is 5.90. The molecular weight excluding hydrogens is 264 g/mol. The minimum absolute atomic E-state index is 0.122. The fourth-order valence-electron chi connectivity index (χ4n) is 4.61. The van der Waals surface area contributed by atoms with Crippen molar-refractivity contribution in [1.82, 2.24) is 4.90 Å². The molecule has 0 aromatic heterocycles. The van der Waals surface area contributed by atoms with E-state index in [1.165, 1.54) is 12.8 Å². The van der Waals surface area contributed by atoms with Crippen molar-refractivity contribution in [3.8, 4) is 0 Å². The molecular formula is C17H30N2O2. The maximum atomic E-state index is 13.1. The average Bonchev–Trinajstić information content (AvgIpc) is 2.49. The molecule has 2 saturated carbocycles. The van der Waals surface area contributed by atoms with Gasteiger partial charge in [-0.2, -0.15) is 0 Å². The Hall–Kier alpha value is -0.610. The van der Waals surface area contributed by atoms with Crippen molar-refractivity contribution in [2.24, 2.45) is 23.5 Å². The highest BCUT2D eigenvalue weighted by atomic mass is 16.5. The van der Waals surface area contributed by atoms with Gasteiger partial charge in [0.05, 0.1) is 18.8 Å². The summed E-state index contributed by atoms with van der Waals surface area (Å²) in [5, 5.41) is 0. The molecule has 0 radical (unpaired) electrons. The highest BCUT2D eigenvalue weighted by molar-refractivity contribution is 5.80. The predicted octanol–water partition coefficient (Wildman–Crippen LogP) is 2.17. The second-order valence-electron chi connectivity index (χ2n) is 7.49. The van der Waals surface area contributed by atoms with Crippen molar-refractivity contribution in [3.05, 3.63) is 0 Å². The minimum Gasteiger partial charge on any atom is -0.374 e. The van der Waals surface area contributed by atoms with Crippen LogP contribution in [0, 0.1) is 17.8 Å². The van der Waals surface area contributed by atoms with Gasteiger partial charge in [-0.25, -0.2) is 0 Å². The van der Waals surface area contributed by atoms with Crippen LogP contribution in [0.1, 0.15) is 52.4 Å². The summed E-state index contributed by atoms with van der Waals surface area (Å²) in [6.45, 7) is 5.92. The van der Waals surface area contributed by atoms with Gasteiger partial charge >= 0.3 is 0 Å². The van der Waals surface area contributed by atoms with E-state index in [-0.39, 0.29) is 18.1 Å². The Morgan fingerprint density at radius 3 is 2.71 bits per heavy atom. The maximum Gasteiger partial charge on any atom is 0.226 e. The number of ether oxygens (including phenoxy) is 1. The molecule has 4 nitrogen and oxygen atoms in total. The largest absolute Gasteiger partial charge is 0.374 e. The van der Waals surface area contributed by atoms with Crippen molar-refractivity contribution in [3.63, 3.8) is 0 Å². The number of fused-ring (bicyclic) bond motifs is 1. The molecule has 3 fully saturated rings. The van der Waals surface area contributed by atoms with Gasteiger partial charge in [0.2, 0.25) is 5.91 Å². The van der Waals surface area contributed by atoms with Crippen molar-refractivity contribution in [1.29, 1.82) is 0 Å². The molecule has 3 rings (SSSR count). The van der Waals surface area contributed by atoms with Crippen LogP contribution in [-0.2, 0) is 9.53 Å². The molecule has 2 aliphatic carbocycles. The summed E-state index contributed by atoms with van der Waals surface area (Å²) >= 11 is 0. The fourth-order valence-corrected chi connectivity index (χ4v) is 4.61. The highest BCUT2D eigenvalue weighted by Gasteiger charge is 2.42. The van der Waals surface area contributed by atoms with Crippen LogP contribution in [0.25, 0.3) is 0 Å². The molecule has 3 aliphatic rings. The molecule has 120 valence electrons. The molecule has 1 heterocycles. The van der Waals surface area contributed by atoms with E-state index in [1.807, 2.05) is 0 Å². The first-order valence-electron chi connectivity index (χ1n) is 8.75. The third-order valence-corrected chi connectivity index (χ3v) is 6.02. The van der Waals surface area contributed by atoms with Gasteiger partial charge in [0.15, 0.2) is 0 Å². The lowest BCUT2D eigenvalue weighted by molar-refractivity contribution is -0.157. The number of amides is 1. The highest BCUT2D eigenvalue weighted by Crippen LogP contribution is 2.36. The van der Waals surface area contributed by atoms with Crippen LogP contribution in [0.5, 0.6) is 0 Å². The van der Waals surface area contributed by atoms with Crippen LogP contribution in [0.4, 0.5) is 0 Å². The molecule has 6 atom stereocenters. The molecule has 0 aromatic carbocycles. The monoisotopic (exact) mass is 294 g/mol. The SMILES string of the molecule is CC1CC(C)C(C(=O)N2CCOC3CCCCC32)CC1N. The average molecular weight is 294 g/mol. The summed E-state index contributed by atoms with van der Waals surface area (Å²) in [4.78, 5) is 15.2. The third-order valence-electron chi connectivity index (χ3n) is 6.02. The molecule has 0 bridgehead atoms. The van der Waals surface area contributed by atoms with E-state index in [1.54, 1.807) is 0 Å². The lowest BCUT2D eigenvalue weighted by Crippen LogP contribution is -2.57. The lowest BCUT2D eigenvalue weighted by atomic mass is 9.72. The zero-order valence-corrected chi connectivity index (χ0v) is 13.5. The molecule has 0 aromatic rings. The third kappa shape index (κ3) is 2.98. The summed E-state index contributed by atoms with van der Waals surface area (Å²) in [5.41, 5.74) is 6.23. The number of nitrogens with zero attached hydrogens (tertiary/aromatic N) is 1. The van der Waals surface area contributed by atoms with Gasteiger partial charge in [0.25, 0.3) is 0 Å². The maximum absolute atomic E-state index is 13.1. The Balaban J connectivity index is 1.71. The first kappa shape index (κ1) is 15.3. The zero-order valence-electron chi connectivity index (χ0n) is 13.5. The molecule has 1 saturated heterocycles. The molecule has 2 N–H and O–H groups in total. The Labute approximate surface area is 128 Å². The van der Waals surface area contributed by atoms with Crippen LogP contribution >= 0.6 is 0 Å². The van der Waals surface area contributed by atoms with Gasteiger partial charge in [0.1, 0.15) is 0 Å². The van der Waals surface area contributed by atoms with E-state index in [2.05, 4.69) is 18.7 Å². The summed E-state index contributed by atoms with van der Waals surface area (Å²) in [6.07, 6.45) is 6.91. The first-order chi connectivity index (χ1) is 10.1. The van der Waals surface area contributed by atoms with Gasteiger partial charge in [0, 0.05) is 18.5 Å². The van der Waals surface area contributed by atoms with Gasteiger partial charge in [-0.15, -0.1) is 0 Å². The van der Waals surface area contributed by atoms with Gasteiger partial charge < -0.3 is 15.4 Å². The van der Waals surface area contributed by atoms with Crippen molar-refractivity contribution in [2.75, 3.05) is 13.2 Å². The smallest absolute Gasteiger partial charge is 0.226 e. The van der Waals surface area contributed by atoms with E-state index in [9.17, 15) is 4.79 Å². The van der Waals surface area contributed by atoms with Crippen molar-refractivity contribution in [2.45, 2.75) is 70.6 Å². The Bertz CT molecular complexity index is 385. The molecule has 1 aliphatic heterocycles. The standard InChI is InChI=1S/C17H30N2O2/c1-11-9-12(2)14(18)10-13(11)17(20)19-7-8-21-16-6-4-3-5-15(16)19/h11-16H,3-10,18H2,1-2H3. The predicted molar refractivity (Wildman–Crippen MR) is 82.7 cm³/mol. The van der Waals surface area contributed by atoms with E-state index >= 15 is 0 Å². The van der Waals surface area contributed by atoms with E-state index in [4.69, 9.17) is 10.5 Å². The molecule has 4 heteroatoms. The summed E-state index contributed by atoms with van der Waals surface area (Å²) in [6, 6.07) is 0.501. The lowest BCUT2D eigenvalue weighted by Gasteiger charge is -2.47. The van der Waals surface area contributed by atoms with Crippen molar-refractivity contribution < 1.29 is 9.53 Å². The van der Waals surface area contributed by atoms with Crippen LogP contribution in [0.2, 0.25) is 0 Å². The number of carbonyl (C=O) groups is 1. The molecule has 21 heavy (non-hydrogen) atoms. The fraction of sp³-hybridized carbons (Fsp3) is 0.941. The Morgan fingerprint density at radius 1 is 1.14 bits per heavy atom. The number of nitrogens with two attached hydrogens (primary N) is 1. The van der Waals surface area contributed by atoms with Crippen molar-refractivity contribution >= 4 is 5.91 Å². The number of morpholine rings is 1. The van der Waals surface area contributed by atoms with E-state index < -0.39 is 0 Å². The van der Waals surface area contributed by atoms with Crippen LogP contribution in [-0.4, -0.2) is 42.1 Å². The van der Waals surface area contributed by atoms with E-state index in [0.29, 0.717) is 30.4 Å². The molecule has 6 unspecified atom stereocenters. The van der Waals surface area contributed by atoms with Crippen LogP contribution < -0.4 is 5.73 Å². The van der Waals surface area contributed by atoms with E-state index in [0.717, 1.165) is 32.2 Å². The van der Waals surface area contributed by atoms with Crippen LogP contribution in [0.3, 0.4) is 0 Å². The molecule has 1 amide bonds. The second kappa shape index (κ2) is 6.25. The van der Waals surface area contributed by atoms with Gasteiger partial charge in [-0.1, -0.05) is 26.7 Å². The Kier molecular flexibility index (Phi) is 4.55. The van der Waals surface area contributed by atoms with Gasteiger partial charge in [-0.3, -0.25) is 4.79 Å². The minimum atomic E-state index is 0.122. The molecule has 0 spiro atoms. The van der Waals surface area contributed by atoms with Gasteiger partial charge in [-0.05, 0) is 37.5 Å². The van der Waals surface area contributed by atoms with Crippen LogP contribution in [0.15, 0.2) is 0 Å².